The quantitative estimate of drug-likeness (QED) is 0.775. The number of piperidine rings is 1. The Morgan fingerprint density at radius 3 is 2.38 bits per heavy atom. The maximum Gasteiger partial charge on any atom is 0.00978 e. The highest BCUT2D eigenvalue weighted by atomic mass is 15.1. The first-order valence-corrected chi connectivity index (χ1v) is 7.09. The fraction of sp³-hybridized carbons (Fsp3) is 1.00. The lowest BCUT2D eigenvalue weighted by molar-refractivity contribution is 0.173. The average molecular weight is 224 g/mol. The third-order valence-corrected chi connectivity index (χ3v) is 4.63. The fourth-order valence-electron chi connectivity index (χ4n) is 3.24. The molecule has 0 bridgehead atoms. The van der Waals surface area contributed by atoms with E-state index in [1.54, 1.807) is 0 Å². The van der Waals surface area contributed by atoms with Crippen molar-refractivity contribution < 1.29 is 0 Å². The monoisotopic (exact) mass is 224 g/mol. The van der Waals surface area contributed by atoms with Gasteiger partial charge >= 0.3 is 0 Å². The SMILES string of the molecule is CC1CCC(C)C(NC2CCN(C)CC2)C1. The maximum absolute atomic E-state index is 3.93. The van der Waals surface area contributed by atoms with Crippen molar-refractivity contribution in [2.24, 2.45) is 11.8 Å². The van der Waals surface area contributed by atoms with Crippen LogP contribution in [-0.2, 0) is 0 Å². The Balaban J connectivity index is 1.79. The van der Waals surface area contributed by atoms with Crippen LogP contribution in [0.15, 0.2) is 0 Å². The van der Waals surface area contributed by atoms with Gasteiger partial charge in [0, 0.05) is 12.1 Å². The number of likely N-dealkylation sites (tertiary alicyclic amines) is 1. The van der Waals surface area contributed by atoms with E-state index in [2.05, 4.69) is 31.1 Å². The standard InChI is InChI=1S/C14H28N2/c1-11-4-5-12(2)14(10-11)15-13-6-8-16(3)9-7-13/h11-15H,4-10H2,1-3H3. The Hall–Kier alpha value is -0.0800. The normalized spacial score (nSPS) is 38.8. The molecule has 1 saturated heterocycles. The van der Waals surface area contributed by atoms with Crippen LogP contribution in [0.1, 0.15) is 46.0 Å². The van der Waals surface area contributed by atoms with Gasteiger partial charge in [-0.25, -0.2) is 0 Å². The van der Waals surface area contributed by atoms with Crippen molar-refractivity contribution in [1.29, 1.82) is 0 Å². The minimum atomic E-state index is 0.786. The van der Waals surface area contributed by atoms with Crippen molar-refractivity contribution in [2.75, 3.05) is 20.1 Å². The van der Waals surface area contributed by atoms with Gasteiger partial charge in [-0.2, -0.15) is 0 Å². The first-order chi connectivity index (χ1) is 7.65. The van der Waals surface area contributed by atoms with Crippen molar-refractivity contribution in [3.8, 4) is 0 Å². The van der Waals surface area contributed by atoms with E-state index in [9.17, 15) is 0 Å². The van der Waals surface area contributed by atoms with Crippen molar-refractivity contribution in [2.45, 2.75) is 58.0 Å². The number of hydrogen-bond donors (Lipinski definition) is 1. The van der Waals surface area contributed by atoms with E-state index < -0.39 is 0 Å². The Bertz CT molecular complexity index is 209. The molecule has 94 valence electrons. The van der Waals surface area contributed by atoms with E-state index in [0.29, 0.717) is 0 Å². The highest BCUT2D eigenvalue weighted by Crippen LogP contribution is 2.29. The zero-order valence-electron chi connectivity index (χ0n) is 11.2. The van der Waals surface area contributed by atoms with Crippen LogP contribution in [-0.4, -0.2) is 37.1 Å². The molecular formula is C14H28N2. The van der Waals surface area contributed by atoms with Crippen LogP contribution < -0.4 is 5.32 Å². The van der Waals surface area contributed by atoms with Crippen molar-refractivity contribution >= 4 is 0 Å². The van der Waals surface area contributed by atoms with E-state index in [1.165, 1.54) is 45.2 Å². The molecule has 2 heteroatoms. The molecule has 1 aliphatic carbocycles. The van der Waals surface area contributed by atoms with Crippen molar-refractivity contribution in [3.05, 3.63) is 0 Å². The minimum Gasteiger partial charge on any atom is -0.311 e. The predicted molar refractivity (Wildman–Crippen MR) is 69.6 cm³/mol. The summed E-state index contributed by atoms with van der Waals surface area (Å²) in [6, 6.07) is 1.58. The summed E-state index contributed by atoms with van der Waals surface area (Å²) in [6.07, 6.45) is 6.94. The molecule has 0 radical (unpaired) electrons. The summed E-state index contributed by atoms with van der Waals surface area (Å²) >= 11 is 0. The third-order valence-electron chi connectivity index (χ3n) is 4.63. The minimum absolute atomic E-state index is 0.786. The number of hydrogen-bond acceptors (Lipinski definition) is 2. The molecule has 3 atom stereocenters. The summed E-state index contributed by atoms with van der Waals surface area (Å²) in [5.41, 5.74) is 0. The largest absolute Gasteiger partial charge is 0.311 e. The Kier molecular flexibility index (Phi) is 4.26. The lowest BCUT2D eigenvalue weighted by atomic mass is 9.79. The molecule has 1 aliphatic heterocycles. The second-order valence-electron chi connectivity index (χ2n) is 6.25. The van der Waals surface area contributed by atoms with Crippen LogP contribution >= 0.6 is 0 Å². The molecule has 1 heterocycles. The van der Waals surface area contributed by atoms with Gasteiger partial charge in [-0.3, -0.25) is 0 Å². The van der Waals surface area contributed by atoms with Crippen LogP contribution in [0.25, 0.3) is 0 Å². The summed E-state index contributed by atoms with van der Waals surface area (Å²) < 4.78 is 0. The van der Waals surface area contributed by atoms with Gasteiger partial charge in [-0.15, -0.1) is 0 Å². The van der Waals surface area contributed by atoms with Crippen LogP contribution in [0, 0.1) is 11.8 Å². The summed E-state index contributed by atoms with van der Waals surface area (Å²) in [5, 5.41) is 3.93. The Morgan fingerprint density at radius 2 is 1.69 bits per heavy atom. The summed E-state index contributed by atoms with van der Waals surface area (Å²) in [4.78, 5) is 2.45. The highest BCUT2D eigenvalue weighted by Gasteiger charge is 2.28. The molecular weight excluding hydrogens is 196 g/mol. The number of nitrogens with zero attached hydrogens (tertiary/aromatic N) is 1. The maximum atomic E-state index is 3.93. The third kappa shape index (κ3) is 3.21. The topological polar surface area (TPSA) is 15.3 Å². The molecule has 0 aromatic heterocycles. The Labute approximate surface area is 101 Å². The van der Waals surface area contributed by atoms with Gasteiger partial charge < -0.3 is 10.2 Å². The van der Waals surface area contributed by atoms with Gasteiger partial charge in [0.05, 0.1) is 0 Å². The molecule has 0 aromatic rings. The molecule has 2 rings (SSSR count). The first-order valence-electron chi connectivity index (χ1n) is 7.09. The van der Waals surface area contributed by atoms with Crippen LogP contribution in [0.4, 0.5) is 0 Å². The summed E-state index contributed by atoms with van der Waals surface area (Å²) in [5.74, 6) is 1.82. The molecule has 2 fully saturated rings. The second kappa shape index (κ2) is 5.50. The lowest BCUT2D eigenvalue weighted by Crippen LogP contribution is -2.49. The smallest absolute Gasteiger partial charge is 0.00978 e. The van der Waals surface area contributed by atoms with Crippen LogP contribution in [0.3, 0.4) is 0 Å². The first kappa shape index (κ1) is 12.4. The molecule has 16 heavy (non-hydrogen) atoms. The molecule has 0 aromatic carbocycles. The molecule has 0 spiro atoms. The van der Waals surface area contributed by atoms with Crippen molar-refractivity contribution in [3.63, 3.8) is 0 Å². The van der Waals surface area contributed by atoms with Gasteiger partial charge in [0.2, 0.25) is 0 Å². The zero-order chi connectivity index (χ0) is 11.5. The molecule has 1 N–H and O–H groups in total. The summed E-state index contributed by atoms with van der Waals surface area (Å²) in [6.45, 7) is 7.39. The van der Waals surface area contributed by atoms with Gasteiger partial charge in [0.25, 0.3) is 0 Å². The van der Waals surface area contributed by atoms with E-state index in [-0.39, 0.29) is 0 Å². The van der Waals surface area contributed by atoms with Gasteiger partial charge in [0.15, 0.2) is 0 Å². The zero-order valence-corrected chi connectivity index (χ0v) is 11.2. The molecule has 1 saturated carbocycles. The fourth-order valence-corrected chi connectivity index (χ4v) is 3.24. The lowest BCUT2D eigenvalue weighted by Gasteiger charge is -2.38. The second-order valence-corrected chi connectivity index (χ2v) is 6.25. The van der Waals surface area contributed by atoms with E-state index in [0.717, 1.165) is 23.9 Å². The molecule has 0 amide bonds. The molecule has 2 aliphatic rings. The average Bonchev–Trinajstić information content (AvgIpc) is 2.27. The van der Waals surface area contributed by atoms with Crippen LogP contribution in [0.5, 0.6) is 0 Å². The van der Waals surface area contributed by atoms with Crippen LogP contribution in [0.2, 0.25) is 0 Å². The van der Waals surface area contributed by atoms with Gasteiger partial charge in [-0.1, -0.05) is 20.3 Å². The number of nitrogens with one attached hydrogen (secondary N) is 1. The van der Waals surface area contributed by atoms with Gasteiger partial charge in [0.1, 0.15) is 0 Å². The van der Waals surface area contributed by atoms with Gasteiger partial charge in [-0.05, 0) is 57.7 Å². The predicted octanol–water partition coefficient (Wildman–Crippen LogP) is 2.49. The highest BCUT2D eigenvalue weighted by molar-refractivity contribution is 4.86. The number of rotatable bonds is 2. The Morgan fingerprint density at radius 1 is 1.00 bits per heavy atom. The van der Waals surface area contributed by atoms with E-state index in [1.807, 2.05) is 0 Å². The molecule has 2 nitrogen and oxygen atoms in total. The van der Waals surface area contributed by atoms with E-state index in [4.69, 9.17) is 0 Å². The summed E-state index contributed by atoms with van der Waals surface area (Å²) in [7, 11) is 2.24. The van der Waals surface area contributed by atoms with Crippen molar-refractivity contribution in [1.82, 2.24) is 10.2 Å². The molecule has 3 unspecified atom stereocenters. The van der Waals surface area contributed by atoms with E-state index >= 15 is 0 Å².